The van der Waals surface area contributed by atoms with Gasteiger partial charge in [0.05, 0.1) is 13.2 Å². The molecule has 0 heterocycles. The van der Waals surface area contributed by atoms with Crippen LogP contribution in [0.5, 0.6) is 0 Å². The molecule has 0 aromatic heterocycles. The number of phosphoric acid groups is 1. The summed E-state index contributed by atoms with van der Waals surface area (Å²) in [6.07, 6.45) is -1.23. The lowest BCUT2D eigenvalue weighted by molar-refractivity contribution is -0.358. The fourth-order valence-electron chi connectivity index (χ4n) is 0.930. The SMILES string of the molecule is C=C([O-])OC[C@H](COP(=O)(O)OCCN)OC(=O)C[CH2-]. The Morgan fingerprint density at radius 3 is 2.60 bits per heavy atom. The van der Waals surface area contributed by atoms with Crippen LogP contribution in [-0.4, -0.2) is 43.3 Å². The van der Waals surface area contributed by atoms with Crippen molar-refractivity contribution in [3.05, 3.63) is 19.4 Å². The van der Waals surface area contributed by atoms with E-state index in [9.17, 15) is 19.4 Å². The van der Waals surface area contributed by atoms with Crippen molar-refractivity contribution in [2.45, 2.75) is 12.5 Å². The van der Waals surface area contributed by atoms with Crippen LogP contribution < -0.4 is 10.8 Å². The van der Waals surface area contributed by atoms with Crippen molar-refractivity contribution in [3.8, 4) is 0 Å². The molecule has 20 heavy (non-hydrogen) atoms. The molecule has 0 bridgehead atoms. The third kappa shape index (κ3) is 9.76. The van der Waals surface area contributed by atoms with Crippen molar-refractivity contribution in [2.75, 3.05) is 26.4 Å². The molecule has 0 aliphatic carbocycles. The minimum atomic E-state index is -4.31. The van der Waals surface area contributed by atoms with Gasteiger partial charge in [-0.3, -0.25) is 13.8 Å². The van der Waals surface area contributed by atoms with E-state index >= 15 is 0 Å². The van der Waals surface area contributed by atoms with Crippen LogP contribution in [0.2, 0.25) is 0 Å². The molecule has 1 unspecified atom stereocenters. The van der Waals surface area contributed by atoms with Gasteiger partial charge in [-0.1, -0.05) is 13.0 Å². The second kappa shape index (κ2) is 9.73. The number of hydrogen-bond acceptors (Lipinski definition) is 8. The van der Waals surface area contributed by atoms with Crippen molar-refractivity contribution in [1.82, 2.24) is 0 Å². The quantitative estimate of drug-likeness (QED) is 0.214. The number of phosphoric ester groups is 1. The van der Waals surface area contributed by atoms with E-state index in [2.05, 4.69) is 27.3 Å². The molecule has 0 saturated carbocycles. The predicted octanol–water partition coefficient (Wildman–Crippen LogP) is -0.937. The van der Waals surface area contributed by atoms with Crippen LogP contribution in [0.1, 0.15) is 6.42 Å². The van der Waals surface area contributed by atoms with Gasteiger partial charge in [-0.15, -0.1) is 0 Å². The molecule has 3 N–H and O–H groups in total. The van der Waals surface area contributed by atoms with Gasteiger partial charge in [0.15, 0.2) is 0 Å². The standard InChI is InChI=1S/C10H19NO8P/c1-3-10(13)19-9(6-16-8(2)12)7-18-20(14,15)17-5-4-11/h9,12H,1-7,11H2,(H,14,15)/q-1/p-1/t9-/m1/s1. The van der Waals surface area contributed by atoms with Gasteiger partial charge < -0.3 is 32.1 Å². The van der Waals surface area contributed by atoms with Crippen molar-refractivity contribution < 1.29 is 37.9 Å². The third-order valence-corrected chi connectivity index (χ3v) is 2.71. The molecule has 0 spiro atoms. The molecule has 10 heteroatoms. The van der Waals surface area contributed by atoms with Gasteiger partial charge in [-0.2, -0.15) is 0 Å². The first kappa shape index (κ1) is 18.9. The largest absolute Gasteiger partial charge is 0.610 e. The Hall–Kier alpha value is -1.12. The molecule has 0 aliphatic rings. The van der Waals surface area contributed by atoms with Crippen LogP contribution in [0.15, 0.2) is 12.5 Å². The number of nitrogens with two attached hydrogens (primary N) is 1. The number of carbonyl (C=O) groups is 1. The molecule has 0 fully saturated rings. The van der Waals surface area contributed by atoms with Gasteiger partial charge in [0.2, 0.25) is 0 Å². The van der Waals surface area contributed by atoms with E-state index in [1.807, 2.05) is 0 Å². The Morgan fingerprint density at radius 2 is 2.10 bits per heavy atom. The molecular weight excluding hydrogens is 293 g/mol. The molecule has 0 saturated heterocycles. The summed E-state index contributed by atoms with van der Waals surface area (Å²) in [5, 5.41) is 10.6. The summed E-state index contributed by atoms with van der Waals surface area (Å²) in [5.74, 6) is -1.53. The predicted molar refractivity (Wildman–Crippen MR) is 65.7 cm³/mol. The Bertz CT molecular complexity index is 361. The fraction of sp³-hybridized carbons (Fsp3) is 0.600. The molecule has 0 aromatic rings. The lowest BCUT2D eigenvalue weighted by Crippen LogP contribution is -2.29. The highest BCUT2D eigenvalue weighted by molar-refractivity contribution is 7.47. The number of carbonyl (C=O) groups excluding carboxylic acids is 1. The first-order valence-electron chi connectivity index (χ1n) is 5.60. The van der Waals surface area contributed by atoms with E-state index < -0.39 is 32.4 Å². The van der Waals surface area contributed by atoms with Gasteiger partial charge in [-0.05, 0) is 0 Å². The second-order valence-corrected chi connectivity index (χ2v) is 4.88. The minimum Gasteiger partial charge on any atom is -0.610 e. The van der Waals surface area contributed by atoms with E-state index in [0.29, 0.717) is 0 Å². The summed E-state index contributed by atoms with van der Waals surface area (Å²) in [4.78, 5) is 20.3. The Kier molecular flexibility index (Phi) is 9.19. The van der Waals surface area contributed by atoms with Crippen LogP contribution in [0.3, 0.4) is 0 Å². The molecule has 2 atom stereocenters. The first-order valence-corrected chi connectivity index (χ1v) is 7.09. The zero-order valence-corrected chi connectivity index (χ0v) is 11.8. The van der Waals surface area contributed by atoms with Crippen LogP contribution in [0, 0.1) is 6.92 Å². The summed E-state index contributed by atoms with van der Waals surface area (Å²) in [6, 6.07) is 0. The fourth-order valence-corrected chi connectivity index (χ4v) is 1.69. The molecule has 118 valence electrons. The van der Waals surface area contributed by atoms with Gasteiger partial charge in [-0.25, -0.2) is 4.57 Å². The third-order valence-electron chi connectivity index (χ3n) is 1.73. The van der Waals surface area contributed by atoms with E-state index in [0.717, 1.165) is 0 Å². The van der Waals surface area contributed by atoms with E-state index in [4.69, 9.17) is 10.5 Å². The zero-order chi connectivity index (χ0) is 15.6. The molecule has 0 amide bonds. The van der Waals surface area contributed by atoms with Crippen LogP contribution >= 0.6 is 7.82 Å². The molecular formula is C10H18NO8P-2. The average molecular weight is 311 g/mol. The van der Waals surface area contributed by atoms with Crippen molar-refractivity contribution in [1.29, 1.82) is 0 Å². The maximum atomic E-state index is 11.4. The van der Waals surface area contributed by atoms with Crippen LogP contribution in [0.25, 0.3) is 0 Å². The Labute approximate surface area is 116 Å². The maximum Gasteiger partial charge on any atom is 0.472 e. The maximum absolute atomic E-state index is 11.4. The normalized spacial score (nSPS) is 15.2. The van der Waals surface area contributed by atoms with E-state index in [1.165, 1.54) is 0 Å². The van der Waals surface area contributed by atoms with Gasteiger partial charge in [0.1, 0.15) is 6.10 Å². The number of hydrogen-bond donors (Lipinski definition) is 2. The molecule has 0 aliphatic heterocycles. The van der Waals surface area contributed by atoms with Gasteiger partial charge >= 0.3 is 7.82 Å². The summed E-state index contributed by atoms with van der Waals surface area (Å²) in [6.45, 7) is 5.25. The summed E-state index contributed by atoms with van der Waals surface area (Å²) >= 11 is 0. The van der Waals surface area contributed by atoms with Gasteiger partial charge in [0, 0.05) is 19.1 Å². The summed E-state index contributed by atoms with van der Waals surface area (Å²) in [5.41, 5.74) is 5.10. The number of ether oxygens (including phenoxy) is 2. The molecule has 0 aromatic carbocycles. The lowest BCUT2D eigenvalue weighted by Gasteiger charge is -2.24. The second-order valence-electron chi connectivity index (χ2n) is 3.43. The Morgan fingerprint density at radius 1 is 1.45 bits per heavy atom. The van der Waals surface area contributed by atoms with E-state index in [1.54, 1.807) is 0 Å². The minimum absolute atomic E-state index is 0.0347. The highest BCUT2D eigenvalue weighted by Crippen LogP contribution is 2.42. The summed E-state index contributed by atoms with van der Waals surface area (Å²) < 4.78 is 29.8. The van der Waals surface area contributed by atoms with Crippen molar-refractivity contribution in [2.24, 2.45) is 5.73 Å². The summed E-state index contributed by atoms with van der Waals surface area (Å²) in [7, 11) is -4.31. The lowest BCUT2D eigenvalue weighted by atomic mass is 10.4. The molecule has 0 radical (unpaired) electrons. The topological polar surface area (TPSA) is 140 Å². The van der Waals surface area contributed by atoms with Crippen LogP contribution in [0.4, 0.5) is 0 Å². The first-order chi connectivity index (χ1) is 9.30. The molecule has 9 nitrogen and oxygen atoms in total. The highest BCUT2D eigenvalue weighted by atomic mass is 31.2. The average Bonchev–Trinajstić information content (AvgIpc) is 2.39. The Balaban J connectivity index is 4.36. The van der Waals surface area contributed by atoms with Gasteiger partial charge in [0.25, 0.3) is 5.97 Å². The molecule has 0 rings (SSSR count). The number of rotatable bonds is 11. The van der Waals surface area contributed by atoms with Crippen molar-refractivity contribution in [3.63, 3.8) is 0 Å². The number of esters is 1. The van der Waals surface area contributed by atoms with E-state index in [-0.39, 0.29) is 26.2 Å². The monoisotopic (exact) mass is 311 g/mol. The highest BCUT2D eigenvalue weighted by Gasteiger charge is 2.23. The zero-order valence-electron chi connectivity index (χ0n) is 10.9. The van der Waals surface area contributed by atoms with Crippen LogP contribution in [-0.2, 0) is 27.9 Å². The smallest absolute Gasteiger partial charge is 0.472 e. The van der Waals surface area contributed by atoms with Crippen molar-refractivity contribution >= 4 is 13.8 Å².